The van der Waals surface area contributed by atoms with Crippen LogP contribution >= 0.6 is 22.9 Å². The number of halogens is 1. The maximum atomic E-state index is 10.9. The van der Waals surface area contributed by atoms with E-state index in [2.05, 4.69) is 25.7 Å². The van der Waals surface area contributed by atoms with Crippen molar-refractivity contribution in [3.8, 4) is 0 Å². The lowest BCUT2D eigenvalue weighted by molar-refractivity contribution is -0.385. The number of anilines is 2. The maximum absolute atomic E-state index is 10.9. The van der Waals surface area contributed by atoms with Crippen LogP contribution in [-0.4, -0.2) is 34.7 Å². The number of aromatic nitrogens is 6. The third-order valence-electron chi connectivity index (χ3n) is 4.40. The van der Waals surface area contributed by atoms with Gasteiger partial charge in [0.15, 0.2) is 5.82 Å². The van der Waals surface area contributed by atoms with Crippen LogP contribution in [0.25, 0.3) is 0 Å². The SMILES string of the molecule is CC[C@H](c1nnc(Nc2ccn(Cc3ccccc3Cl)n2)s1)n1cc([N+](=O)[O-])cn1. The smallest absolute Gasteiger partial charge is 0.307 e. The molecule has 30 heavy (non-hydrogen) atoms. The fourth-order valence-electron chi connectivity index (χ4n) is 2.91. The molecule has 0 saturated carbocycles. The van der Waals surface area contributed by atoms with E-state index in [0.717, 1.165) is 5.56 Å². The number of nitrogens with zero attached hydrogens (tertiary/aromatic N) is 7. The molecule has 1 atom stereocenters. The Morgan fingerprint density at radius 2 is 2.13 bits per heavy atom. The molecule has 0 unspecified atom stereocenters. The van der Waals surface area contributed by atoms with Gasteiger partial charge in [-0.1, -0.05) is 48.1 Å². The van der Waals surface area contributed by atoms with Gasteiger partial charge in [-0.2, -0.15) is 10.2 Å². The molecule has 0 bridgehead atoms. The highest BCUT2D eigenvalue weighted by Gasteiger charge is 2.21. The van der Waals surface area contributed by atoms with Gasteiger partial charge in [0.2, 0.25) is 5.13 Å². The fraction of sp³-hybridized carbons (Fsp3) is 0.222. The largest absolute Gasteiger partial charge is 0.313 e. The monoisotopic (exact) mass is 444 g/mol. The van der Waals surface area contributed by atoms with E-state index in [0.29, 0.717) is 33.9 Å². The lowest BCUT2D eigenvalue weighted by Crippen LogP contribution is -2.09. The minimum atomic E-state index is -0.470. The number of hydrogen-bond donors (Lipinski definition) is 1. The second kappa shape index (κ2) is 8.59. The van der Waals surface area contributed by atoms with Crippen molar-refractivity contribution in [2.75, 3.05) is 5.32 Å². The normalized spacial score (nSPS) is 12.1. The molecule has 1 N–H and O–H groups in total. The summed E-state index contributed by atoms with van der Waals surface area (Å²) in [6.45, 7) is 2.52. The Bertz CT molecular complexity index is 1170. The Labute approximate surface area is 180 Å². The predicted molar refractivity (Wildman–Crippen MR) is 113 cm³/mol. The average Bonchev–Trinajstić information content (AvgIpc) is 3.47. The second-order valence-electron chi connectivity index (χ2n) is 6.42. The van der Waals surface area contributed by atoms with Crippen LogP contribution in [0.4, 0.5) is 16.6 Å². The lowest BCUT2D eigenvalue weighted by Gasteiger charge is -2.10. The third-order valence-corrected chi connectivity index (χ3v) is 5.70. The number of rotatable bonds is 8. The standard InChI is InChI=1S/C18H17ClN8O2S/c1-2-15(26-11-13(9-20-26)27(28)29)17-22-23-18(30-17)21-16-7-8-25(24-16)10-12-5-3-4-6-14(12)19/h3-9,11,15H,2,10H2,1H3,(H,21,23,24)/t15-/m1/s1. The van der Waals surface area contributed by atoms with E-state index in [1.165, 1.54) is 23.7 Å². The average molecular weight is 445 g/mol. The van der Waals surface area contributed by atoms with Gasteiger partial charge < -0.3 is 5.32 Å². The van der Waals surface area contributed by atoms with Crippen LogP contribution in [0.5, 0.6) is 0 Å². The van der Waals surface area contributed by atoms with Crippen molar-refractivity contribution >= 4 is 39.6 Å². The predicted octanol–water partition coefficient (Wildman–Crippen LogP) is 4.28. The zero-order valence-electron chi connectivity index (χ0n) is 15.8. The van der Waals surface area contributed by atoms with Crippen LogP contribution < -0.4 is 5.32 Å². The molecule has 12 heteroatoms. The Balaban J connectivity index is 1.46. The van der Waals surface area contributed by atoms with E-state index in [1.54, 1.807) is 9.36 Å². The molecule has 0 radical (unpaired) electrons. The number of hydrogen-bond acceptors (Lipinski definition) is 8. The van der Waals surface area contributed by atoms with Crippen LogP contribution in [-0.2, 0) is 6.54 Å². The summed E-state index contributed by atoms with van der Waals surface area (Å²) in [6, 6.07) is 9.24. The molecule has 0 aliphatic rings. The van der Waals surface area contributed by atoms with E-state index in [4.69, 9.17) is 11.6 Å². The molecule has 154 valence electrons. The summed E-state index contributed by atoms with van der Waals surface area (Å²) >= 11 is 7.56. The van der Waals surface area contributed by atoms with Gasteiger partial charge in [-0.15, -0.1) is 10.2 Å². The first-order valence-corrected chi connectivity index (χ1v) is 10.3. The Morgan fingerprint density at radius 3 is 2.87 bits per heavy atom. The summed E-state index contributed by atoms with van der Waals surface area (Å²) in [5.74, 6) is 0.632. The molecular formula is C18H17ClN8O2S. The topological polar surface area (TPSA) is 117 Å². The quantitative estimate of drug-likeness (QED) is 0.318. The van der Waals surface area contributed by atoms with Crippen molar-refractivity contribution in [1.29, 1.82) is 0 Å². The van der Waals surface area contributed by atoms with Gasteiger partial charge in [-0.25, -0.2) is 0 Å². The zero-order chi connectivity index (χ0) is 21.1. The summed E-state index contributed by atoms with van der Waals surface area (Å²) in [7, 11) is 0. The molecular weight excluding hydrogens is 428 g/mol. The Morgan fingerprint density at radius 1 is 1.30 bits per heavy atom. The molecule has 1 aromatic carbocycles. The van der Waals surface area contributed by atoms with Gasteiger partial charge in [-0.3, -0.25) is 19.5 Å². The Hall–Kier alpha value is -3.31. The second-order valence-corrected chi connectivity index (χ2v) is 7.84. The van der Waals surface area contributed by atoms with Gasteiger partial charge in [0, 0.05) is 17.3 Å². The lowest BCUT2D eigenvalue weighted by atomic mass is 10.2. The molecule has 3 heterocycles. The van der Waals surface area contributed by atoms with Crippen LogP contribution in [0, 0.1) is 10.1 Å². The van der Waals surface area contributed by atoms with E-state index in [-0.39, 0.29) is 11.7 Å². The molecule has 0 aliphatic heterocycles. The zero-order valence-corrected chi connectivity index (χ0v) is 17.4. The highest BCUT2D eigenvalue weighted by atomic mass is 35.5. The van der Waals surface area contributed by atoms with E-state index in [1.807, 2.05) is 43.5 Å². The molecule has 10 nitrogen and oxygen atoms in total. The molecule has 0 saturated heterocycles. The number of nitrogens with one attached hydrogen (secondary N) is 1. The molecule has 0 fully saturated rings. The molecule has 4 aromatic rings. The maximum Gasteiger partial charge on any atom is 0.307 e. The molecule has 3 aromatic heterocycles. The summed E-state index contributed by atoms with van der Waals surface area (Å²) < 4.78 is 3.32. The third kappa shape index (κ3) is 4.31. The number of benzene rings is 1. The van der Waals surface area contributed by atoms with E-state index < -0.39 is 4.92 Å². The summed E-state index contributed by atoms with van der Waals surface area (Å²) in [5.41, 5.74) is 0.923. The van der Waals surface area contributed by atoms with Crippen molar-refractivity contribution in [2.24, 2.45) is 0 Å². The minimum Gasteiger partial charge on any atom is -0.313 e. The highest BCUT2D eigenvalue weighted by molar-refractivity contribution is 7.15. The molecule has 4 rings (SSSR count). The minimum absolute atomic E-state index is 0.0552. The van der Waals surface area contributed by atoms with Gasteiger partial charge in [0.05, 0.1) is 11.5 Å². The summed E-state index contributed by atoms with van der Waals surface area (Å²) in [6.07, 6.45) is 5.15. The summed E-state index contributed by atoms with van der Waals surface area (Å²) in [4.78, 5) is 10.4. The van der Waals surface area contributed by atoms with Gasteiger partial charge in [-0.05, 0) is 18.1 Å². The molecule has 0 amide bonds. The van der Waals surface area contributed by atoms with Gasteiger partial charge >= 0.3 is 5.69 Å². The van der Waals surface area contributed by atoms with Crippen molar-refractivity contribution in [2.45, 2.75) is 25.9 Å². The van der Waals surface area contributed by atoms with E-state index in [9.17, 15) is 10.1 Å². The van der Waals surface area contributed by atoms with Crippen molar-refractivity contribution in [3.63, 3.8) is 0 Å². The first kappa shape index (κ1) is 20.0. The first-order valence-electron chi connectivity index (χ1n) is 9.09. The van der Waals surface area contributed by atoms with Crippen molar-refractivity contribution in [3.05, 3.63) is 74.6 Å². The van der Waals surface area contributed by atoms with Crippen molar-refractivity contribution in [1.82, 2.24) is 29.8 Å². The van der Waals surface area contributed by atoms with Crippen LogP contribution in [0.15, 0.2) is 48.9 Å². The van der Waals surface area contributed by atoms with Crippen molar-refractivity contribution < 1.29 is 4.92 Å². The number of nitro groups is 1. The highest BCUT2D eigenvalue weighted by Crippen LogP contribution is 2.29. The molecule has 0 spiro atoms. The Kier molecular flexibility index (Phi) is 5.72. The fourth-order valence-corrected chi connectivity index (χ4v) is 4.04. The van der Waals surface area contributed by atoms with Gasteiger partial charge in [0.25, 0.3) is 0 Å². The van der Waals surface area contributed by atoms with Crippen LogP contribution in [0.1, 0.15) is 30.0 Å². The first-order chi connectivity index (χ1) is 14.5. The van der Waals surface area contributed by atoms with Gasteiger partial charge in [0.1, 0.15) is 23.4 Å². The van der Waals surface area contributed by atoms with Crippen LogP contribution in [0.3, 0.4) is 0 Å². The summed E-state index contributed by atoms with van der Waals surface area (Å²) in [5, 5.41) is 33.0. The van der Waals surface area contributed by atoms with Crippen LogP contribution in [0.2, 0.25) is 5.02 Å². The van der Waals surface area contributed by atoms with E-state index >= 15 is 0 Å². The molecule has 0 aliphatic carbocycles.